The number of carbonyl (C=O) groups is 1. The molecule has 1 aliphatic heterocycles. The normalized spacial score (nSPS) is 19.7. The molecular weight excluding hydrogens is 423 g/mol. The monoisotopic (exact) mass is 440 g/mol. The number of carbonyl (C=O) groups excluding carboxylic acids is 1. The molecule has 1 aliphatic rings. The molecule has 3 aromatic carbocycles. The van der Waals surface area contributed by atoms with Gasteiger partial charge in [-0.1, -0.05) is 88.7 Å². The minimum Gasteiger partial charge on any atom is -0.457 e. The molecular formula is C22H18BrO3P. The summed E-state index contributed by atoms with van der Waals surface area (Å²) in [6.07, 6.45) is -0.390. The molecule has 0 radical (unpaired) electrons. The summed E-state index contributed by atoms with van der Waals surface area (Å²) in [5.41, 5.74) is 0.428. The summed E-state index contributed by atoms with van der Waals surface area (Å²) in [4.78, 5) is 12.3. The van der Waals surface area contributed by atoms with Crippen molar-refractivity contribution in [2.24, 2.45) is 0 Å². The van der Waals surface area contributed by atoms with Crippen LogP contribution in [-0.2, 0) is 14.1 Å². The molecule has 136 valence electrons. The number of hydrogen-bond donors (Lipinski definition) is 0. The highest BCUT2D eigenvalue weighted by Gasteiger charge is 2.49. The lowest BCUT2D eigenvalue weighted by atomic mass is 10.1. The van der Waals surface area contributed by atoms with Gasteiger partial charge in [0.05, 0.1) is 12.1 Å². The fourth-order valence-corrected chi connectivity index (χ4v) is 7.22. The molecule has 4 rings (SSSR count). The van der Waals surface area contributed by atoms with E-state index in [1.165, 1.54) is 0 Å². The second-order valence-electron chi connectivity index (χ2n) is 6.56. The number of benzene rings is 3. The van der Waals surface area contributed by atoms with Crippen LogP contribution < -0.4 is 10.6 Å². The molecule has 1 saturated heterocycles. The maximum atomic E-state index is 14.6. The first kappa shape index (κ1) is 18.2. The fourth-order valence-electron chi connectivity index (χ4n) is 3.64. The summed E-state index contributed by atoms with van der Waals surface area (Å²) < 4.78 is 21.2. The summed E-state index contributed by atoms with van der Waals surface area (Å²) in [6, 6.07) is 26.5. The number of cyclic esters (lactones) is 1. The minimum atomic E-state index is -3.10. The Kier molecular flexibility index (Phi) is 5.03. The van der Waals surface area contributed by atoms with Crippen molar-refractivity contribution in [2.45, 2.75) is 18.2 Å². The fraction of sp³-hybridized carbons (Fsp3) is 0.136. The summed E-state index contributed by atoms with van der Waals surface area (Å²) in [7, 11) is -3.10. The molecule has 0 amide bonds. The highest BCUT2D eigenvalue weighted by molar-refractivity contribution is 9.10. The zero-order valence-electron chi connectivity index (χ0n) is 14.5. The predicted molar refractivity (Wildman–Crippen MR) is 111 cm³/mol. The third-order valence-electron chi connectivity index (χ3n) is 4.93. The summed E-state index contributed by atoms with van der Waals surface area (Å²) in [5.74, 6) is -0.306. The second kappa shape index (κ2) is 7.46. The minimum absolute atomic E-state index is 0.141. The van der Waals surface area contributed by atoms with E-state index in [1.54, 1.807) is 0 Å². The molecule has 1 fully saturated rings. The molecule has 0 N–H and O–H groups in total. The van der Waals surface area contributed by atoms with E-state index in [1.807, 2.05) is 84.9 Å². The van der Waals surface area contributed by atoms with Gasteiger partial charge < -0.3 is 9.30 Å². The average molecular weight is 441 g/mol. The number of esters is 1. The highest BCUT2D eigenvalue weighted by Crippen LogP contribution is 2.57. The van der Waals surface area contributed by atoms with E-state index in [0.29, 0.717) is 0 Å². The van der Waals surface area contributed by atoms with Gasteiger partial charge in [0.25, 0.3) is 0 Å². The zero-order chi connectivity index (χ0) is 18.9. The van der Waals surface area contributed by atoms with Crippen molar-refractivity contribution in [2.75, 3.05) is 0 Å². The van der Waals surface area contributed by atoms with Crippen molar-refractivity contribution < 1.29 is 14.1 Å². The van der Waals surface area contributed by atoms with Crippen LogP contribution in [0.5, 0.6) is 0 Å². The maximum Gasteiger partial charge on any atom is 0.307 e. The van der Waals surface area contributed by atoms with Crippen molar-refractivity contribution in [3.05, 3.63) is 95.0 Å². The van der Waals surface area contributed by atoms with Gasteiger partial charge in [0.15, 0.2) is 7.14 Å². The van der Waals surface area contributed by atoms with Crippen LogP contribution >= 0.6 is 23.1 Å². The van der Waals surface area contributed by atoms with Gasteiger partial charge in [-0.25, -0.2) is 0 Å². The Hall–Kier alpha value is -2.16. The van der Waals surface area contributed by atoms with E-state index < -0.39 is 18.9 Å². The van der Waals surface area contributed by atoms with Crippen LogP contribution in [-0.4, -0.2) is 11.6 Å². The highest BCUT2D eigenvalue weighted by atomic mass is 79.9. The average Bonchev–Trinajstić information content (AvgIpc) is 3.11. The number of ether oxygens (including phenoxy) is 1. The third kappa shape index (κ3) is 3.40. The Morgan fingerprint density at radius 2 is 1.33 bits per heavy atom. The molecule has 1 heterocycles. The van der Waals surface area contributed by atoms with Gasteiger partial charge in [-0.05, 0) is 17.7 Å². The summed E-state index contributed by atoms with van der Waals surface area (Å²) in [5, 5.41) is 1.50. The molecule has 0 aliphatic carbocycles. The van der Waals surface area contributed by atoms with Crippen molar-refractivity contribution in [3.63, 3.8) is 0 Å². The Morgan fingerprint density at radius 1 is 0.815 bits per heavy atom. The van der Waals surface area contributed by atoms with Crippen molar-refractivity contribution >= 4 is 39.7 Å². The van der Waals surface area contributed by atoms with E-state index >= 15 is 0 Å². The molecule has 27 heavy (non-hydrogen) atoms. The lowest BCUT2D eigenvalue weighted by molar-refractivity contribution is -0.141. The molecule has 0 aromatic heterocycles. The smallest absolute Gasteiger partial charge is 0.307 e. The molecule has 0 spiro atoms. The van der Waals surface area contributed by atoms with Gasteiger partial charge in [0.2, 0.25) is 0 Å². The quantitative estimate of drug-likeness (QED) is 0.431. The van der Waals surface area contributed by atoms with Crippen LogP contribution in [0.1, 0.15) is 18.1 Å². The Bertz CT molecular complexity index is 944. The predicted octanol–water partition coefficient (Wildman–Crippen LogP) is 4.82. The third-order valence-corrected chi connectivity index (χ3v) is 8.98. The van der Waals surface area contributed by atoms with Crippen molar-refractivity contribution in [1.82, 2.24) is 0 Å². The summed E-state index contributed by atoms with van der Waals surface area (Å²) in [6.45, 7) is 0. The molecule has 0 bridgehead atoms. The molecule has 3 nitrogen and oxygen atoms in total. The lowest BCUT2D eigenvalue weighted by Crippen LogP contribution is -2.28. The van der Waals surface area contributed by atoms with Crippen molar-refractivity contribution in [1.29, 1.82) is 0 Å². The van der Waals surface area contributed by atoms with E-state index in [2.05, 4.69) is 15.9 Å². The Morgan fingerprint density at radius 3 is 1.85 bits per heavy atom. The first-order chi connectivity index (χ1) is 13.1. The van der Waals surface area contributed by atoms with Gasteiger partial charge in [-0.3, -0.25) is 4.79 Å². The molecule has 2 atom stereocenters. The van der Waals surface area contributed by atoms with Crippen LogP contribution in [0.3, 0.4) is 0 Å². The Labute approximate surface area is 166 Å². The topological polar surface area (TPSA) is 43.4 Å². The first-order valence-corrected chi connectivity index (χ1v) is 11.3. The van der Waals surface area contributed by atoms with Crippen LogP contribution in [0, 0.1) is 0 Å². The van der Waals surface area contributed by atoms with Crippen LogP contribution in [0.2, 0.25) is 0 Å². The van der Waals surface area contributed by atoms with E-state index in [9.17, 15) is 9.36 Å². The standard InChI is InChI=1S/C22H18BrO3P/c23-17-13-11-16(12-14-17)22-20(15-21(24)26-22)27(25,18-7-3-1-4-8-18)19-9-5-2-6-10-19/h1-14,20,22H,15H2/t20-,22+/m1/s1. The van der Waals surface area contributed by atoms with Crippen LogP contribution in [0.15, 0.2) is 89.4 Å². The van der Waals surface area contributed by atoms with Gasteiger partial charge in [-0.15, -0.1) is 0 Å². The molecule has 5 heteroatoms. The molecule has 3 aromatic rings. The van der Waals surface area contributed by atoms with Gasteiger partial charge >= 0.3 is 5.97 Å². The first-order valence-electron chi connectivity index (χ1n) is 8.75. The van der Waals surface area contributed by atoms with E-state index in [4.69, 9.17) is 4.74 Å². The lowest BCUT2D eigenvalue weighted by Gasteiger charge is -2.28. The maximum absolute atomic E-state index is 14.6. The van der Waals surface area contributed by atoms with Gasteiger partial charge in [-0.2, -0.15) is 0 Å². The van der Waals surface area contributed by atoms with E-state index in [0.717, 1.165) is 20.6 Å². The largest absolute Gasteiger partial charge is 0.457 e. The number of hydrogen-bond acceptors (Lipinski definition) is 3. The summed E-state index contributed by atoms with van der Waals surface area (Å²) >= 11 is 3.43. The zero-order valence-corrected chi connectivity index (χ0v) is 17.0. The van der Waals surface area contributed by atoms with Gasteiger partial charge in [0.1, 0.15) is 6.10 Å². The van der Waals surface area contributed by atoms with Crippen molar-refractivity contribution in [3.8, 4) is 0 Å². The molecule has 0 saturated carbocycles. The van der Waals surface area contributed by atoms with Crippen LogP contribution in [0.4, 0.5) is 0 Å². The number of halogens is 1. The Balaban J connectivity index is 1.87. The van der Waals surface area contributed by atoms with Crippen LogP contribution in [0.25, 0.3) is 0 Å². The van der Waals surface area contributed by atoms with Gasteiger partial charge in [0, 0.05) is 15.1 Å². The SMILES string of the molecule is O=C1C[C@@H](P(=O)(c2ccccc2)c2ccccc2)[C@H](c2ccc(Br)cc2)O1. The van der Waals surface area contributed by atoms with E-state index in [-0.39, 0.29) is 12.4 Å². The second-order valence-corrected chi connectivity index (χ2v) is 10.5. The number of rotatable bonds is 4. The molecule has 0 unspecified atom stereocenters.